The first-order chi connectivity index (χ1) is 8.40. The normalized spacial score (nSPS) is 33.8. The largest absolute Gasteiger partial charge is 0.346 e. The van der Waals surface area contributed by atoms with Crippen LogP contribution in [-0.2, 0) is 25.1 Å². The number of rotatable bonds is 4. The summed E-state index contributed by atoms with van der Waals surface area (Å²) >= 11 is 0. The topological polar surface area (TPSA) is 118 Å². The van der Waals surface area contributed by atoms with Crippen molar-refractivity contribution in [2.75, 3.05) is 5.75 Å². The molecule has 7 nitrogen and oxygen atoms in total. The molecule has 0 aromatic carbocycles. The summed E-state index contributed by atoms with van der Waals surface area (Å²) < 4.78 is 54.7. The van der Waals surface area contributed by atoms with Crippen LogP contribution in [0.25, 0.3) is 0 Å². The monoisotopic (exact) mass is 311 g/mol. The van der Waals surface area contributed by atoms with Gasteiger partial charge in [-0.25, -0.2) is 8.42 Å². The van der Waals surface area contributed by atoms with Crippen LogP contribution in [-0.4, -0.2) is 32.9 Å². The molecule has 110 valence electrons. The number of sulfonamides is 1. The van der Waals surface area contributed by atoms with Crippen LogP contribution < -0.4 is 4.13 Å². The van der Waals surface area contributed by atoms with Gasteiger partial charge in [0.15, 0.2) is 0 Å². The highest BCUT2D eigenvalue weighted by Gasteiger charge is 2.65. The van der Waals surface area contributed by atoms with Crippen molar-refractivity contribution in [2.45, 2.75) is 33.1 Å². The van der Waals surface area contributed by atoms with E-state index in [1.165, 1.54) is 4.13 Å². The number of hydrogen-bond acceptors (Lipinski definition) is 5. The lowest BCUT2D eigenvalue weighted by Gasteiger charge is -2.35. The molecule has 2 saturated carbocycles. The second kappa shape index (κ2) is 4.00. The first-order valence-corrected chi connectivity index (χ1v) is 9.01. The number of nitrogens with one attached hydrogen (secondary N) is 1. The minimum absolute atomic E-state index is 0.130. The summed E-state index contributed by atoms with van der Waals surface area (Å²) in [6.45, 7) is 3.69. The van der Waals surface area contributed by atoms with Gasteiger partial charge in [0.1, 0.15) is 5.78 Å². The summed E-state index contributed by atoms with van der Waals surface area (Å²) in [4.78, 5) is 12.1. The van der Waals surface area contributed by atoms with E-state index in [0.29, 0.717) is 12.8 Å². The Labute approximate surface area is 112 Å². The van der Waals surface area contributed by atoms with E-state index in [0.717, 1.165) is 6.42 Å². The first kappa shape index (κ1) is 14.9. The van der Waals surface area contributed by atoms with E-state index in [9.17, 15) is 21.6 Å². The number of carbonyl (C=O) groups excluding carboxylic acids is 1. The Morgan fingerprint density at radius 1 is 1.32 bits per heavy atom. The Balaban J connectivity index is 2.35. The van der Waals surface area contributed by atoms with E-state index in [1.807, 2.05) is 13.8 Å². The summed E-state index contributed by atoms with van der Waals surface area (Å²) in [5.41, 5.74) is -1.52. The van der Waals surface area contributed by atoms with Crippen LogP contribution in [0.5, 0.6) is 0 Å². The summed E-state index contributed by atoms with van der Waals surface area (Å²) in [5, 5.41) is 0. The molecule has 0 radical (unpaired) electrons. The second-order valence-corrected chi connectivity index (χ2v) is 9.12. The van der Waals surface area contributed by atoms with E-state index in [1.54, 1.807) is 0 Å². The van der Waals surface area contributed by atoms with Crippen LogP contribution in [0, 0.1) is 16.7 Å². The minimum atomic E-state index is -4.85. The van der Waals surface area contributed by atoms with E-state index < -0.39 is 36.9 Å². The quantitative estimate of drug-likeness (QED) is 0.711. The predicted octanol–water partition coefficient (Wildman–Crippen LogP) is 0.104. The fraction of sp³-hybridized carbons (Fsp3) is 0.900. The molecule has 0 saturated heterocycles. The van der Waals surface area contributed by atoms with Gasteiger partial charge in [0.2, 0.25) is 10.0 Å². The number of Topliss-reactive ketones (excluding diaryl/α,β-unsaturated/α-hetero) is 1. The molecule has 0 heterocycles. The molecule has 0 spiro atoms. The number of hydrogen-bond donors (Lipinski definition) is 2. The molecule has 0 aromatic heterocycles. The van der Waals surface area contributed by atoms with Crippen LogP contribution in [0.3, 0.4) is 0 Å². The Morgan fingerprint density at radius 2 is 1.89 bits per heavy atom. The van der Waals surface area contributed by atoms with Crippen LogP contribution in [0.4, 0.5) is 0 Å². The molecule has 2 aliphatic carbocycles. The van der Waals surface area contributed by atoms with Crippen LogP contribution in [0.2, 0.25) is 0 Å². The molecule has 2 N–H and O–H groups in total. The van der Waals surface area contributed by atoms with Crippen molar-refractivity contribution in [3.05, 3.63) is 0 Å². The maximum Gasteiger partial charge on any atom is 0.346 e. The van der Waals surface area contributed by atoms with Gasteiger partial charge in [-0.2, -0.15) is 8.42 Å². The number of ketones is 1. The van der Waals surface area contributed by atoms with Crippen molar-refractivity contribution in [3.8, 4) is 0 Å². The van der Waals surface area contributed by atoms with Crippen LogP contribution >= 0.6 is 0 Å². The molecule has 2 aliphatic rings. The van der Waals surface area contributed by atoms with E-state index in [4.69, 9.17) is 4.55 Å². The average molecular weight is 311 g/mol. The maximum absolute atomic E-state index is 12.1. The Bertz CT molecular complexity index is 620. The standard InChI is InChI=1S/C10H17NO6S2/c1-9(2)7-3-4-10(9,8(12)5-7)6-18(13,14)11-19(15,16)17/h7,11H,3-6H2,1-2H3,(H,15,16,17). The SMILES string of the molecule is CC1(C)C2CCC1(CS(=O)(=O)NS(=O)(=O)O)C(=O)C2. The molecule has 19 heavy (non-hydrogen) atoms. The van der Waals surface area contributed by atoms with Gasteiger partial charge in [-0.3, -0.25) is 9.35 Å². The fourth-order valence-electron chi connectivity index (χ4n) is 3.62. The zero-order chi connectivity index (χ0) is 14.7. The lowest BCUT2D eigenvalue weighted by atomic mass is 9.70. The Kier molecular flexibility index (Phi) is 3.13. The summed E-state index contributed by atoms with van der Waals surface area (Å²) in [6.07, 6.45) is 1.55. The first-order valence-electron chi connectivity index (χ1n) is 5.92. The molecular formula is C10H17NO6S2. The second-order valence-electron chi connectivity index (χ2n) is 5.98. The number of fused-ring (bicyclic) bond motifs is 2. The van der Waals surface area contributed by atoms with E-state index in [-0.39, 0.29) is 11.7 Å². The van der Waals surface area contributed by atoms with Gasteiger partial charge < -0.3 is 0 Å². The third-order valence-electron chi connectivity index (χ3n) is 4.81. The average Bonchev–Trinajstić information content (AvgIpc) is 2.46. The van der Waals surface area contributed by atoms with Crippen LogP contribution in [0.1, 0.15) is 33.1 Å². The Hall–Kier alpha value is -0.510. The van der Waals surface area contributed by atoms with E-state index >= 15 is 0 Å². The third-order valence-corrected chi connectivity index (χ3v) is 7.54. The van der Waals surface area contributed by atoms with E-state index in [2.05, 4.69) is 0 Å². The maximum atomic E-state index is 12.1. The molecule has 2 fully saturated rings. The lowest BCUT2D eigenvalue weighted by Crippen LogP contribution is -2.46. The summed E-state index contributed by atoms with van der Waals surface area (Å²) in [7, 11) is -9.13. The molecule has 2 rings (SSSR count). The summed E-state index contributed by atoms with van der Waals surface area (Å²) in [5.74, 6) is -0.585. The van der Waals surface area contributed by atoms with Crippen molar-refractivity contribution in [3.63, 3.8) is 0 Å². The van der Waals surface area contributed by atoms with Crippen LogP contribution in [0.15, 0.2) is 0 Å². The van der Waals surface area contributed by atoms with Crippen molar-refractivity contribution in [2.24, 2.45) is 16.7 Å². The highest BCUT2D eigenvalue weighted by Crippen LogP contribution is 2.64. The minimum Gasteiger partial charge on any atom is -0.299 e. The van der Waals surface area contributed by atoms with Gasteiger partial charge >= 0.3 is 10.3 Å². The van der Waals surface area contributed by atoms with Gasteiger partial charge in [-0.15, -0.1) is 0 Å². The van der Waals surface area contributed by atoms with Crippen molar-refractivity contribution in [1.29, 1.82) is 0 Å². The number of carbonyl (C=O) groups is 1. The van der Waals surface area contributed by atoms with Gasteiger partial charge in [-0.1, -0.05) is 18.0 Å². The highest BCUT2D eigenvalue weighted by molar-refractivity contribution is 8.02. The molecule has 0 aliphatic heterocycles. The molecular weight excluding hydrogens is 294 g/mol. The van der Waals surface area contributed by atoms with Gasteiger partial charge in [0.05, 0.1) is 5.75 Å². The molecule has 2 unspecified atom stereocenters. The van der Waals surface area contributed by atoms with Gasteiger partial charge in [0.25, 0.3) is 0 Å². The predicted molar refractivity (Wildman–Crippen MR) is 67.0 cm³/mol. The van der Waals surface area contributed by atoms with Crippen molar-refractivity contribution >= 4 is 26.1 Å². The molecule has 0 amide bonds. The molecule has 0 aromatic rings. The van der Waals surface area contributed by atoms with Crippen molar-refractivity contribution < 1.29 is 26.2 Å². The molecule has 9 heteroatoms. The molecule has 2 atom stereocenters. The Morgan fingerprint density at radius 3 is 2.26 bits per heavy atom. The smallest absolute Gasteiger partial charge is 0.299 e. The molecule has 2 bridgehead atoms. The fourth-order valence-corrected chi connectivity index (χ4v) is 6.47. The van der Waals surface area contributed by atoms with Crippen molar-refractivity contribution in [1.82, 2.24) is 4.13 Å². The zero-order valence-corrected chi connectivity index (χ0v) is 12.3. The third kappa shape index (κ3) is 2.32. The van der Waals surface area contributed by atoms with Gasteiger partial charge in [-0.05, 0) is 24.2 Å². The lowest BCUT2D eigenvalue weighted by molar-refractivity contribution is -0.128. The summed E-state index contributed by atoms with van der Waals surface area (Å²) in [6, 6.07) is 0. The zero-order valence-electron chi connectivity index (χ0n) is 10.7. The van der Waals surface area contributed by atoms with Gasteiger partial charge in [0, 0.05) is 11.8 Å². The highest BCUT2D eigenvalue weighted by atomic mass is 32.3.